The van der Waals surface area contributed by atoms with Crippen molar-refractivity contribution in [1.29, 1.82) is 0 Å². The summed E-state index contributed by atoms with van der Waals surface area (Å²) in [6, 6.07) is 10.4. The first-order valence-electron chi connectivity index (χ1n) is 7.86. The molecule has 0 aliphatic rings. The molecule has 0 fully saturated rings. The van der Waals surface area contributed by atoms with Crippen LogP contribution in [0.15, 0.2) is 35.4 Å². The highest BCUT2D eigenvalue weighted by molar-refractivity contribution is 5.99. The van der Waals surface area contributed by atoms with Gasteiger partial charge in [0.05, 0.1) is 5.71 Å². The Hall–Kier alpha value is -2.23. The molecule has 0 saturated carbocycles. The maximum atomic E-state index is 4.52. The molecule has 0 spiro atoms. The number of hydrogen-bond acceptors (Lipinski definition) is 4. The van der Waals surface area contributed by atoms with E-state index in [4.69, 9.17) is 0 Å². The first kappa shape index (κ1) is 16.1. The molecule has 1 aromatic heterocycles. The molecule has 2 aromatic rings. The molecule has 0 unspecified atom stereocenters. The summed E-state index contributed by atoms with van der Waals surface area (Å²) in [5.41, 5.74) is 8.37. The fourth-order valence-electron chi connectivity index (χ4n) is 2.24. The molecule has 0 atom stereocenters. The van der Waals surface area contributed by atoms with Gasteiger partial charge in [-0.15, -0.1) is 0 Å². The fraction of sp³-hybridized carbons (Fsp3) is 0.389. The number of anilines is 1. The van der Waals surface area contributed by atoms with Crippen molar-refractivity contribution in [2.45, 2.75) is 47.0 Å². The van der Waals surface area contributed by atoms with Crippen molar-refractivity contribution in [2.24, 2.45) is 5.10 Å². The minimum absolute atomic E-state index is 0.579. The Morgan fingerprint density at radius 1 is 1.14 bits per heavy atom. The topological polar surface area (TPSA) is 50.2 Å². The maximum absolute atomic E-state index is 4.52. The van der Waals surface area contributed by atoms with Gasteiger partial charge >= 0.3 is 0 Å². The first-order valence-corrected chi connectivity index (χ1v) is 7.86. The molecule has 2 rings (SSSR count). The highest BCUT2D eigenvalue weighted by atomic mass is 15.4. The Morgan fingerprint density at radius 3 is 2.59 bits per heavy atom. The van der Waals surface area contributed by atoms with Gasteiger partial charge in [0.15, 0.2) is 0 Å². The molecular weight excluding hydrogens is 272 g/mol. The minimum Gasteiger partial charge on any atom is -0.245 e. The number of rotatable bonds is 6. The third kappa shape index (κ3) is 4.38. The zero-order chi connectivity index (χ0) is 15.9. The van der Waals surface area contributed by atoms with Crippen LogP contribution in [0.2, 0.25) is 0 Å². The van der Waals surface area contributed by atoms with E-state index in [2.05, 4.69) is 65.5 Å². The summed E-state index contributed by atoms with van der Waals surface area (Å²) < 4.78 is 0. The number of aryl methyl sites for hydroxylation is 3. The van der Waals surface area contributed by atoms with Crippen molar-refractivity contribution >= 4 is 11.7 Å². The lowest BCUT2D eigenvalue weighted by molar-refractivity contribution is 0.856. The highest BCUT2D eigenvalue weighted by Crippen LogP contribution is 2.10. The second kappa shape index (κ2) is 7.69. The number of nitrogens with one attached hydrogen (secondary N) is 1. The van der Waals surface area contributed by atoms with Crippen LogP contribution >= 0.6 is 0 Å². The maximum Gasteiger partial charge on any atom is 0.243 e. The second-order valence-electron chi connectivity index (χ2n) is 5.46. The number of nitrogens with zero attached hydrogens (tertiary/aromatic N) is 3. The largest absolute Gasteiger partial charge is 0.245 e. The van der Waals surface area contributed by atoms with E-state index < -0.39 is 0 Å². The van der Waals surface area contributed by atoms with Crippen LogP contribution in [0.3, 0.4) is 0 Å². The van der Waals surface area contributed by atoms with Gasteiger partial charge in [-0.25, -0.2) is 15.4 Å². The van der Waals surface area contributed by atoms with Gasteiger partial charge in [-0.1, -0.05) is 50.1 Å². The van der Waals surface area contributed by atoms with E-state index >= 15 is 0 Å². The van der Waals surface area contributed by atoms with Crippen LogP contribution < -0.4 is 5.43 Å². The van der Waals surface area contributed by atoms with Crippen molar-refractivity contribution in [2.75, 3.05) is 5.43 Å². The number of aromatic nitrogens is 2. The molecule has 0 aliphatic carbocycles. The summed E-state index contributed by atoms with van der Waals surface area (Å²) >= 11 is 0. The number of hydrogen-bond donors (Lipinski definition) is 1. The average Bonchev–Trinajstić information content (AvgIpc) is 2.52. The molecule has 0 aliphatic heterocycles. The third-order valence-electron chi connectivity index (χ3n) is 3.46. The second-order valence-corrected chi connectivity index (χ2v) is 5.46. The fourth-order valence-corrected chi connectivity index (χ4v) is 2.24. The van der Waals surface area contributed by atoms with Crippen LogP contribution in [0.25, 0.3) is 0 Å². The van der Waals surface area contributed by atoms with E-state index in [0.29, 0.717) is 5.95 Å². The van der Waals surface area contributed by atoms with Crippen molar-refractivity contribution in [1.82, 2.24) is 9.97 Å². The number of hydrazone groups is 1. The van der Waals surface area contributed by atoms with E-state index in [0.717, 1.165) is 41.9 Å². The Balaban J connectivity index is 2.19. The van der Waals surface area contributed by atoms with Crippen LogP contribution in [0.4, 0.5) is 5.95 Å². The van der Waals surface area contributed by atoms with Gasteiger partial charge < -0.3 is 0 Å². The zero-order valence-electron chi connectivity index (χ0n) is 13.8. The van der Waals surface area contributed by atoms with E-state index in [9.17, 15) is 0 Å². The normalized spacial score (nSPS) is 11.5. The molecule has 1 aromatic carbocycles. The molecule has 1 heterocycles. The Kier molecular flexibility index (Phi) is 5.64. The minimum atomic E-state index is 0.579. The standard InChI is InChI=1S/C18H24N4/c1-5-8-17-12-16(6-2)19-18(20-17)22-21-14(4)15-10-7-9-13(3)11-15/h7,9-12H,5-6,8H2,1-4H3,(H,19,20,22). The predicted octanol–water partition coefficient (Wildman–Crippen LogP) is 4.14. The van der Waals surface area contributed by atoms with Crippen LogP contribution in [0.1, 0.15) is 49.7 Å². The van der Waals surface area contributed by atoms with Gasteiger partial charge in [-0.2, -0.15) is 5.10 Å². The summed E-state index contributed by atoms with van der Waals surface area (Å²) in [5, 5.41) is 4.42. The first-order chi connectivity index (χ1) is 10.6. The Bertz CT molecular complexity index is 662. The van der Waals surface area contributed by atoms with Crippen molar-refractivity contribution in [3.05, 3.63) is 52.8 Å². The van der Waals surface area contributed by atoms with Gasteiger partial charge in [0.25, 0.3) is 0 Å². The molecule has 4 nitrogen and oxygen atoms in total. The summed E-state index contributed by atoms with van der Waals surface area (Å²) in [7, 11) is 0. The van der Waals surface area contributed by atoms with Crippen LogP contribution in [0.5, 0.6) is 0 Å². The zero-order valence-corrected chi connectivity index (χ0v) is 13.8. The van der Waals surface area contributed by atoms with Gasteiger partial charge in [0.2, 0.25) is 5.95 Å². The van der Waals surface area contributed by atoms with Gasteiger partial charge in [-0.3, -0.25) is 0 Å². The lowest BCUT2D eigenvalue weighted by Gasteiger charge is -2.07. The molecule has 4 heteroatoms. The SMILES string of the molecule is CCCc1cc(CC)nc(NN=C(C)c2cccc(C)c2)n1. The molecular formula is C18H24N4. The molecule has 0 amide bonds. The Labute approximate surface area is 132 Å². The van der Waals surface area contributed by atoms with E-state index in [1.54, 1.807) is 0 Å². The van der Waals surface area contributed by atoms with Crippen molar-refractivity contribution in [3.63, 3.8) is 0 Å². The lowest BCUT2D eigenvalue weighted by atomic mass is 10.1. The molecule has 1 N–H and O–H groups in total. The van der Waals surface area contributed by atoms with Crippen molar-refractivity contribution < 1.29 is 0 Å². The number of benzene rings is 1. The third-order valence-corrected chi connectivity index (χ3v) is 3.46. The Morgan fingerprint density at radius 2 is 1.91 bits per heavy atom. The quantitative estimate of drug-likeness (QED) is 0.644. The summed E-state index contributed by atoms with van der Waals surface area (Å²) in [4.78, 5) is 9.01. The predicted molar refractivity (Wildman–Crippen MR) is 92.4 cm³/mol. The summed E-state index contributed by atoms with van der Waals surface area (Å²) in [6.07, 6.45) is 2.93. The van der Waals surface area contributed by atoms with Gasteiger partial charge in [0.1, 0.15) is 0 Å². The molecule has 116 valence electrons. The molecule has 22 heavy (non-hydrogen) atoms. The summed E-state index contributed by atoms with van der Waals surface area (Å²) in [6.45, 7) is 8.32. The molecule has 0 saturated heterocycles. The van der Waals surface area contributed by atoms with Gasteiger partial charge in [0, 0.05) is 11.4 Å². The van der Waals surface area contributed by atoms with Crippen LogP contribution in [-0.2, 0) is 12.8 Å². The van der Waals surface area contributed by atoms with Gasteiger partial charge in [-0.05, 0) is 38.3 Å². The van der Waals surface area contributed by atoms with Crippen LogP contribution in [-0.4, -0.2) is 15.7 Å². The van der Waals surface area contributed by atoms with Crippen molar-refractivity contribution in [3.8, 4) is 0 Å². The smallest absolute Gasteiger partial charge is 0.243 e. The monoisotopic (exact) mass is 296 g/mol. The summed E-state index contributed by atoms with van der Waals surface area (Å²) in [5.74, 6) is 0.579. The highest BCUT2D eigenvalue weighted by Gasteiger charge is 2.03. The molecule has 0 radical (unpaired) electrons. The van der Waals surface area contributed by atoms with Crippen LogP contribution in [0, 0.1) is 6.92 Å². The average molecular weight is 296 g/mol. The van der Waals surface area contributed by atoms with E-state index in [1.807, 2.05) is 13.0 Å². The molecule has 0 bridgehead atoms. The van der Waals surface area contributed by atoms with E-state index in [-0.39, 0.29) is 0 Å². The van der Waals surface area contributed by atoms with E-state index in [1.165, 1.54) is 5.56 Å². The lowest BCUT2D eigenvalue weighted by Crippen LogP contribution is -2.06.